The summed E-state index contributed by atoms with van der Waals surface area (Å²) in [6.07, 6.45) is 4.15. The van der Waals surface area contributed by atoms with Crippen molar-refractivity contribution in [2.45, 2.75) is 19.6 Å². The molecule has 9 nitrogen and oxygen atoms in total. The monoisotopic (exact) mass is 383 g/mol. The molecule has 0 saturated heterocycles. The van der Waals surface area contributed by atoms with Crippen molar-refractivity contribution in [1.29, 1.82) is 0 Å². The van der Waals surface area contributed by atoms with E-state index in [0.29, 0.717) is 10.0 Å². The zero-order valence-corrected chi connectivity index (χ0v) is 14.5. The van der Waals surface area contributed by atoms with Crippen LogP contribution in [0.25, 0.3) is 0 Å². The number of hydrazone groups is 1. The number of oxime groups is 1. The molecule has 11 heteroatoms. The number of carbonyl (C=O) groups is 1. The molecule has 0 spiro atoms. The molecule has 132 valence electrons. The van der Waals surface area contributed by atoms with Crippen LogP contribution < -0.4 is 11.2 Å². The van der Waals surface area contributed by atoms with Gasteiger partial charge >= 0.3 is 0 Å². The Bertz CT molecular complexity index is 763. The van der Waals surface area contributed by atoms with Crippen LogP contribution in [0.15, 0.2) is 41.1 Å². The van der Waals surface area contributed by atoms with Crippen LogP contribution in [-0.4, -0.2) is 32.7 Å². The average Bonchev–Trinajstić information content (AvgIpc) is 3.07. The number of halogens is 2. The van der Waals surface area contributed by atoms with Crippen LogP contribution in [0, 0.1) is 0 Å². The fourth-order valence-electron chi connectivity index (χ4n) is 1.61. The van der Waals surface area contributed by atoms with E-state index < -0.39 is 5.91 Å². The lowest BCUT2D eigenvalue weighted by molar-refractivity contribution is -0.119. The number of amidine groups is 1. The van der Waals surface area contributed by atoms with E-state index >= 15 is 0 Å². The molecule has 0 atom stereocenters. The van der Waals surface area contributed by atoms with Crippen LogP contribution in [-0.2, 0) is 22.8 Å². The van der Waals surface area contributed by atoms with Crippen LogP contribution in [0.2, 0.25) is 10.0 Å². The SMILES string of the molecule is N/C(Cn1cncn1)=N\NC(=O)CC=NOCc1ccc(Cl)cc1Cl. The molecule has 0 unspecified atom stereocenters. The van der Waals surface area contributed by atoms with E-state index in [1.807, 2.05) is 0 Å². The van der Waals surface area contributed by atoms with Gasteiger partial charge in [-0.1, -0.05) is 34.4 Å². The highest BCUT2D eigenvalue weighted by molar-refractivity contribution is 6.35. The topological polar surface area (TPSA) is 120 Å². The fraction of sp³-hybridized carbons (Fsp3) is 0.214. The highest BCUT2D eigenvalue weighted by atomic mass is 35.5. The molecule has 3 N–H and O–H groups in total. The summed E-state index contributed by atoms with van der Waals surface area (Å²) in [5.41, 5.74) is 8.68. The molecule has 0 aliphatic carbocycles. The first-order valence-electron chi connectivity index (χ1n) is 7.05. The highest BCUT2D eigenvalue weighted by Gasteiger charge is 2.02. The van der Waals surface area contributed by atoms with Gasteiger partial charge in [-0.25, -0.2) is 15.1 Å². The lowest BCUT2D eigenvalue weighted by atomic mass is 10.2. The number of nitrogens with one attached hydrogen (secondary N) is 1. The van der Waals surface area contributed by atoms with Crippen LogP contribution in [0.5, 0.6) is 0 Å². The van der Waals surface area contributed by atoms with Crippen LogP contribution in [0.3, 0.4) is 0 Å². The summed E-state index contributed by atoms with van der Waals surface area (Å²) in [6.45, 7) is 0.385. The Balaban J connectivity index is 1.68. The largest absolute Gasteiger partial charge is 0.391 e. The Hall–Kier alpha value is -2.65. The first-order chi connectivity index (χ1) is 12.0. The molecule has 1 aromatic heterocycles. The standard InChI is InChI=1S/C14H15Cl2N7O2/c15-11-2-1-10(12(16)5-11)7-25-20-4-3-14(24)22-21-13(17)6-23-9-18-8-19-23/h1-2,4-5,8-9H,3,6-7H2,(H2,17,21)(H,22,24). The van der Waals surface area contributed by atoms with Crippen molar-refractivity contribution in [3.63, 3.8) is 0 Å². The van der Waals surface area contributed by atoms with E-state index in [2.05, 4.69) is 25.8 Å². The molecule has 1 aromatic carbocycles. The van der Waals surface area contributed by atoms with Gasteiger partial charge in [-0.05, 0) is 12.1 Å². The predicted octanol–water partition coefficient (Wildman–Crippen LogP) is 1.57. The summed E-state index contributed by atoms with van der Waals surface area (Å²) in [6, 6.07) is 5.05. The van der Waals surface area contributed by atoms with Gasteiger partial charge in [0.2, 0.25) is 5.91 Å². The number of nitrogens with zero attached hydrogens (tertiary/aromatic N) is 5. The Morgan fingerprint density at radius 1 is 1.44 bits per heavy atom. The molecule has 0 fully saturated rings. The van der Waals surface area contributed by atoms with Crippen molar-refractivity contribution in [3.8, 4) is 0 Å². The van der Waals surface area contributed by atoms with Gasteiger partial charge in [0.05, 0.1) is 12.6 Å². The molecular weight excluding hydrogens is 369 g/mol. The normalized spacial score (nSPS) is 11.7. The minimum atomic E-state index is -0.390. The van der Waals surface area contributed by atoms with Crippen LogP contribution in [0.1, 0.15) is 12.0 Å². The lowest BCUT2D eigenvalue weighted by Gasteiger charge is -2.03. The summed E-state index contributed by atoms with van der Waals surface area (Å²) in [5, 5.41) is 12.3. The second-order valence-corrected chi connectivity index (χ2v) is 5.58. The number of carbonyl (C=O) groups excluding carboxylic acids is 1. The van der Waals surface area contributed by atoms with Crippen molar-refractivity contribution < 1.29 is 9.63 Å². The van der Waals surface area contributed by atoms with Gasteiger partial charge < -0.3 is 10.6 Å². The summed E-state index contributed by atoms with van der Waals surface area (Å²) in [7, 11) is 0. The van der Waals surface area contributed by atoms with Gasteiger partial charge in [-0.15, -0.1) is 0 Å². The van der Waals surface area contributed by atoms with Gasteiger partial charge in [0.25, 0.3) is 0 Å². The first-order valence-corrected chi connectivity index (χ1v) is 7.81. The second kappa shape index (κ2) is 9.60. The highest BCUT2D eigenvalue weighted by Crippen LogP contribution is 2.21. The van der Waals surface area contributed by atoms with Gasteiger partial charge in [0.15, 0.2) is 0 Å². The third-order valence-electron chi connectivity index (χ3n) is 2.78. The van der Waals surface area contributed by atoms with Crippen molar-refractivity contribution >= 4 is 41.2 Å². The first kappa shape index (κ1) is 18.7. The second-order valence-electron chi connectivity index (χ2n) is 4.73. The van der Waals surface area contributed by atoms with Gasteiger partial charge in [-0.2, -0.15) is 10.2 Å². The Labute approximate surface area is 153 Å². The molecule has 0 bridgehead atoms. The van der Waals surface area contributed by atoms with E-state index in [9.17, 15) is 4.79 Å². The molecular formula is C14H15Cl2N7O2. The van der Waals surface area contributed by atoms with Crippen LogP contribution >= 0.6 is 23.2 Å². The third-order valence-corrected chi connectivity index (χ3v) is 3.36. The fourth-order valence-corrected chi connectivity index (χ4v) is 2.08. The Morgan fingerprint density at radius 3 is 3.00 bits per heavy atom. The Morgan fingerprint density at radius 2 is 2.28 bits per heavy atom. The third kappa shape index (κ3) is 6.77. The quantitative estimate of drug-likeness (QED) is 0.407. The van der Waals surface area contributed by atoms with Crippen molar-refractivity contribution in [3.05, 3.63) is 46.5 Å². The zero-order valence-electron chi connectivity index (χ0n) is 13.0. The number of amides is 1. The summed E-state index contributed by atoms with van der Waals surface area (Å²) < 4.78 is 1.47. The van der Waals surface area contributed by atoms with Crippen LogP contribution in [0.4, 0.5) is 0 Å². The maximum atomic E-state index is 11.6. The number of nitrogens with two attached hydrogens (primary N) is 1. The average molecular weight is 384 g/mol. The molecule has 1 heterocycles. The smallest absolute Gasteiger partial charge is 0.245 e. The molecule has 0 aliphatic rings. The molecule has 2 aromatic rings. The maximum absolute atomic E-state index is 11.6. The van der Waals surface area contributed by atoms with Gasteiger partial charge in [0, 0.05) is 15.6 Å². The molecule has 2 rings (SSSR count). The van der Waals surface area contributed by atoms with E-state index in [-0.39, 0.29) is 25.4 Å². The molecule has 1 amide bonds. The lowest BCUT2D eigenvalue weighted by Crippen LogP contribution is -2.26. The number of benzene rings is 1. The predicted molar refractivity (Wildman–Crippen MR) is 94.1 cm³/mol. The minimum Gasteiger partial charge on any atom is -0.391 e. The summed E-state index contributed by atoms with van der Waals surface area (Å²) in [4.78, 5) is 20.4. The molecule has 0 radical (unpaired) electrons. The minimum absolute atomic E-state index is 0.0194. The van der Waals surface area contributed by atoms with E-state index in [1.165, 1.54) is 23.6 Å². The number of hydrogen-bond donors (Lipinski definition) is 2. The van der Waals surface area contributed by atoms with Crippen molar-refractivity contribution in [2.75, 3.05) is 0 Å². The number of aromatic nitrogens is 3. The molecule has 25 heavy (non-hydrogen) atoms. The van der Waals surface area contributed by atoms with Crippen molar-refractivity contribution in [2.24, 2.45) is 16.0 Å². The zero-order chi connectivity index (χ0) is 18.1. The van der Waals surface area contributed by atoms with E-state index in [1.54, 1.807) is 18.2 Å². The summed E-state index contributed by atoms with van der Waals surface area (Å²) >= 11 is 11.8. The summed E-state index contributed by atoms with van der Waals surface area (Å²) in [5.74, 6) is -0.206. The molecule has 0 aliphatic heterocycles. The van der Waals surface area contributed by atoms with Gasteiger partial charge in [-0.3, -0.25) is 4.79 Å². The van der Waals surface area contributed by atoms with Crippen molar-refractivity contribution in [1.82, 2.24) is 20.2 Å². The molecule has 0 saturated carbocycles. The van der Waals surface area contributed by atoms with E-state index in [0.717, 1.165) is 5.56 Å². The van der Waals surface area contributed by atoms with Gasteiger partial charge in [0.1, 0.15) is 31.6 Å². The number of rotatable bonds is 8. The van der Waals surface area contributed by atoms with E-state index in [4.69, 9.17) is 33.8 Å². The number of hydrogen-bond acceptors (Lipinski definition) is 6. The maximum Gasteiger partial charge on any atom is 0.245 e. The Kier molecular flexibility index (Phi) is 7.17.